The molecule has 2 heterocycles. The van der Waals surface area contributed by atoms with E-state index in [2.05, 4.69) is 16.4 Å². The number of ether oxygens (including phenoxy) is 2. The summed E-state index contributed by atoms with van der Waals surface area (Å²) in [7, 11) is 2.96. The number of esters is 1. The molecule has 108 valence electrons. The highest BCUT2D eigenvalue weighted by Crippen LogP contribution is 2.13. The first-order valence-electron chi connectivity index (χ1n) is 6.28. The molecule has 0 saturated carbocycles. The van der Waals surface area contributed by atoms with Crippen LogP contribution in [-0.4, -0.2) is 41.8 Å². The third kappa shape index (κ3) is 3.43. The van der Waals surface area contributed by atoms with E-state index in [0.29, 0.717) is 19.6 Å². The Hall–Kier alpha value is -1.73. The van der Waals surface area contributed by atoms with Gasteiger partial charge in [-0.25, -0.2) is 9.48 Å². The Balaban J connectivity index is 2.14. The zero-order chi connectivity index (χ0) is 14.4. The van der Waals surface area contributed by atoms with E-state index in [4.69, 9.17) is 9.47 Å². The van der Waals surface area contributed by atoms with Gasteiger partial charge in [-0.15, -0.1) is 16.4 Å². The molecule has 2 rings (SSSR count). The van der Waals surface area contributed by atoms with Crippen molar-refractivity contribution in [3.63, 3.8) is 0 Å². The molecule has 0 fully saturated rings. The second-order valence-electron chi connectivity index (χ2n) is 4.17. The average molecular weight is 295 g/mol. The van der Waals surface area contributed by atoms with Gasteiger partial charge in [0.05, 0.1) is 19.4 Å². The van der Waals surface area contributed by atoms with Gasteiger partial charge in [-0.2, -0.15) is 0 Å². The largest absolute Gasteiger partial charge is 0.464 e. The second kappa shape index (κ2) is 7.16. The lowest BCUT2D eigenvalue weighted by atomic mass is 10.2. The first-order chi connectivity index (χ1) is 9.76. The zero-order valence-corrected chi connectivity index (χ0v) is 12.4. The highest BCUT2D eigenvalue weighted by atomic mass is 32.1. The molecule has 6 nitrogen and oxygen atoms in total. The van der Waals surface area contributed by atoms with E-state index in [1.165, 1.54) is 12.0 Å². The van der Waals surface area contributed by atoms with Gasteiger partial charge < -0.3 is 9.47 Å². The molecule has 0 saturated heterocycles. The van der Waals surface area contributed by atoms with Crippen molar-refractivity contribution in [2.75, 3.05) is 20.8 Å². The van der Waals surface area contributed by atoms with Crippen LogP contribution in [0.25, 0.3) is 0 Å². The normalized spacial score (nSPS) is 10.7. The van der Waals surface area contributed by atoms with Gasteiger partial charge >= 0.3 is 5.97 Å². The van der Waals surface area contributed by atoms with Crippen LogP contribution < -0.4 is 0 Å². The van der Waals surface area contributed by atoms with Crippen LogP contribution in [0.4, 0.5) is 0 Å². The number of carbonyl (C=O) groups excluding carboxylic acids is 1. The van der Waals surface area contributed by atoms with Crippen molar-refractivity contribution in [3.05, 3.63) is 33.8 Å². The first kappa shape index (κ1) is 14.7. The Bertz CT molecular complexity index is 551. The van der Waals surface area contributed by atoms with Gasteiger partial charge in [-0.05, 0) is 11.4 Å². The van der Waals surface area contributed by atoms with Gasteiger partial charge in [0, 0.05) is 31.4 Å². The van der Waals surface area contributed by atoms with E-state index in [-0.39, 0.29) is 5.69 Å². The second-order valence-corrected chi connectivity index (χ2v) is 5.20. The van der Waals surface area contributed by atoms with Crippen molar-refractivity contribution >= 4 is 17.3 Å². The van der Waals surface area contributed by atoms with E-state index in [9.17, 15) is 4.79 Å². The molecule has 0 amide bonds. The number of rotatable bonds is 7. The third-order valence-electron chi connectivity index (χ3n) is 2.91. The summed E-state index contributed by atoms with van der Waals surface area (Å²) in [5.41, 5.74) is 1.03. The minimum Gasteiger partial charge on any atom is -0.464 e. The van der Waals surface area contributed by atoms with Gasteiger partial charge in [0.2, 0.25) is 0 Å². The molecule has 0 aliphatic heterocycles. The van der Waals surface area contributed by atoms with Crippen molar-refractivity contribution in [2.24, 2.45) is 0 Å². The molecule has 2 aromatic rings. The lowest BCUT2D eigenvalue weighted by molar-refractivity contribution is 0.0592. The molecule has 20 heavy (non-hydrogen) atoms. The highest BCUT2D eigenvalue weighted by molar-refractivity contribution is 7.09. The molecule has 0 N–H and O–H groups in total. The number of aryl methyl sites for hydroxylation is 2. The zero-order valence-electron chi connectivity index (χ0n) is 11.5. The minimum absolute atomic E-state index is 0.274. The molecule has 7 heteroatoms. The molecule has 0 aromatic carbocycles. The molecule has 0 atom stereocenters. The van der Waals surface area contributed by atoms with Crippen LogP contribution >= 0.6 is 11.3 Å². The number of hydrogen-bond acceptors (Lipinski definition) is 6. The number of carbonyl (C=O) groups is 1. The van der Waals surface area contributed by atoms with Gasteiger partial charge in [0.25, 0.3) is 0 Å². The SMILES string of the molecule is COCCc1c(C(=O)OC)nnn1CCc1cccs1. The summed E-state index contributed by atoms with van der Waals surface area (Å²) < 4.78 is 11.6. The van der Waals surface area contributed by atoms with Crippen LogP contribution in [-0.2, 0) is 28.9 Å². The number of methoxy groups -OCH3 is 2. The van der Waals surface area contributed by atoms with E-state index < -0.39 is 5.97 Å². The number of aromatic nitrogens is 3. The van der Waals surface area contributed by atoms with Crippen molar-refractivity contribution in [3.8, 4) is 0 Å². The smallest absolute Gasteiger partial charge is 0.360 e. The molecular formula is C13H17N3O3S. The van der Waals surface area contributed by atoms with Crippen molar-refractivity contribution in [1.29, 1.82) is 0 Å². The van der Waals surface area contributed by atoms with Crippen LogP contribution in [0.15, 0.2) is 17.5 Å². The van der Waals surface area contributed by atoms with E-state index >= 15 is 0 Å². The maximum atomic E-state index is 11.7. The van der Waals surface area contributed by atoms with Gasteiger partial charge in [-0.3, -0.25) is 0 Å². The predicted molar refractivity (Wildman–Crippen MR) is 75.0 cm³/mol. The highest BCUT2D eigenvalue weighted by Gasteiger charge is 2.19. The van der Waals surface area contributed by atoms with Gasteiger partial charge in [0.1, 0.15) is 0 Å². The van der Waals surface area contributed by atoms with Gasteiger partial charge in [-0.1, -0.05) is 11.3 Å². The van der Waals surface area contributed by atoms with Crippen LogP contribution in [0.5, 0.6) is 0 Å². The summed E-state index contributed by atoms with van der Waals surface area (Å²) in [5, 5.41) is 10.0. The fourth-order valence-electron chi connectivity index (χ4n) is 1.88. The predicted octanol–water partition coefficient (Wildman–Crippen LogP) is 1.56. The van der Waals surface area contributed by atoms with Crippen molar-refractivity contribution in [2.45, 2.75) is 19.4 Å². The third-order valence-corrected chi connectivity index (χ3v) is 3.85. The van der Waals surface area contributed by atoms with E-state index in [1.807, 2.05) is 11.4 Å². The minimum atomic E-state index is -0.460. The standard InChI is InChI=1S/C13H17N3O3S/c1-18-8-6-11-12(13(17)19-2)14-15-16(11)7-5-10-4-3-9-20-10/h3-4,9H,5-8H2,1-2H3. The molecule has 0 bridgehead atoms. The van der Waals surface area contributed by atoms with Gasteiger partial charge in [0.15, 0.2) is 5.69 Å². The Morgan fingerprint density at radius 2 is 2.25 bits per heavy atom. The average Bonchev–Trinajstić information content (AvgIpc) is 3.11. The van der Waals surface area contributed by atoms with Crippen LogP contribution in [0, 0.1) is 0 Å². The molecule has 0 spiro atoms. The topological polar surface area (TPSA) is 66.2 Å². The summed E-state index contributed by atoms with van der Waals surface area (Å²) >= 11 is 1.71. The molecular weight excluding hydrogens is 278 g/mol. The maximum Gasteiger partial charge on any atom is 0.360 e. The summed E-state index contributed by atoms with van der Waals surface area (Å²) in [4.78, 5) is 12.9. The van der Waals surface area contributed by atoms with Crippen molar-refractivity contribution < 1.29 is 14.3 Å². The number of hydrogen-bond donors (Lipinski definition) is 0. The molecule has 0 unspecified atom stereocenters. The van der Waals surface area contributed by atoms with Crippen LogP contribution in [0.1, 0.15) is 21.1 Å². The van der Waals surface area contributed by atoms with Crippen LogP contribution in [0.3, 0.4) is 0 Å². The summed E-state index contributed by atoms with van der Waals surface area (Å²) in [6.07, 6.45) is 1.44. The Kier molecular flexibility index (Phi) is 5.25. The molecule has 0 radical (unpaired) electrons. The summed E-state index contributed by atoms with van der Waals surface area (Å²) in [5.74, 6) is -0.460. The van der Waals surface area contributed by atoms with Crippen LogP contribution in [0.2, 0.25) is 0 Å². The number of thiophene rings is 1. The number of nitrogens with zero attached hydrogens (tertiary/aromatic N) is 3. The lowest BCUT2D eigenvalue weighted by Gasteiger charge is -2.06. The first-order valence-corrected chi connectivity index (χ1v) is 7.16. The van der Waals surface area contributed by atoms with Crippen molar-refractivity contribution in [1.82, 2.24) is 15.0 Å². The maximum absolute atomic E-state index is 11.7. The molecule has 0 aliphatic rings. The lowest BCUT2D eigenvalue weighted by Crippen LogP contribution is -2.13. The molecule has 2 aromatic heterocycles. The molecule has 0 aliphatic carbocycles. The van der Waals surface area contributed by atoms with E-state index in [0.717, 1.165) is 12.1 Å². The Morgan fingerprint density at radius 3 is 2.90 bits per heavy atom. The quantitative estimate of drug-likeness (QED) is 0.725. The monoisotopic (exact) mass is 295 g/mol. The fraction of sp³-hybridized carbons (Fsp3) is 0.462. The fourth-order valence-corrected chi connectivity index (χ4v) is 2.58. The summed E-state index contributed by atoms with van der Waals surface area (Å²) in [6, 6.07) is 4.10. The van der Waals surface area contributed by atoms with E-state index in [1.54, 1.807) is 23.1 Å². The summed E-state index contributed by atoms with van der Waals surface area (Å²) in [6.45, 7) is 1.19. The Morgan fingerprint density at radius 1 is 1.40 bits per heavy atom. The Labute approximate surface area is 121 Å².